The number of para-hydroxylation sites is 1. The lowest BCUT2D eigenvalue weighted by atomic mass is 9.98. The molecule has 4 amide bonds. The number of piperidine rings is 1. The van der Waals surface area contributed by atoms with Crippen LogP contribution in [0.4, 0.5) is 10.5 Å². The van der Waals surface area contributed by atoms with Crippen LogP contribution in [0.5, 0.6) is 0 Å². The fourth-order valence-electron chi connectivity index (χ4n) is 2.96. The summed E-state index contributed by atoms with van der Waals surface area (Å²) in [7, 11) is 0. The molecule has 29 heavy (non-hydrogen) atoms. The largest absolute Gasteiger partial charge is 0.455 e. The molecule has 1 saturated heterocycles. The number of benzene rings is 1. The number of anilines is 1. The number of esters is 1. The Hall–Kier alpha value is -3.20. The summed E-state index contributed by atoms with van der Waals surface area (Å²) in [5.74, 6) is -2.28. The van der Waals surface area contributed by atoms with Crippen molar-refractivity contribution in [1.29, 1.82) is 0 Å². The van der Waals surface area contributed by atoms with Gasteiger partial charge in [0.15, 0.2) is 6.61 Å². The molecule has 9 heteroatoms. The van der Waals surface area contributed by atoms with E-state index >= 15 is 0 Å². The average Bonchev–Trinajstić information content (AvgIpc) is 3.28. The summed E-state index contributed by atoms with van der Waals surface area (Å²) >= 11 is 1.21. The zero-order chi connectivity index (χ0) is 20.6. The SMILES string of the molecule is O=C(COC(=O)C1CCCN(C(=O)Nc2ccccc2)C1)NC(=O)c1cccs1. The van der Waals surface area contributed by atoms with Crippen LogP contribution >= 0.6 is 11.3 Å². The average molecular weight is 415 g/mol. The fraction of sp³-hybridized carbons (Fsp3) is 0.300. The number of ether oxygens (including phenoxy) is 1. The third kappa shape index (κ3) is 5.89. The minimum atomic E-state index is -0.689. The summed E-state index contributed by atoms with van der Waals surface area (Å²) < 4.78 is 5.05. The lowest BCUT2D eigenvalue weighted by Gasteiger charge is -2.31. The Bertz CT molecular complexity index is 870. The van der Waals surface area contributed by atoms with E-state index < -0.39 is 30.3 Å². The van der Waals surface area contributed by atoms with Gasteiger partial charge in [-0.05, 0) is 36.4 Å². The number of nitrogens with one attached hydrogen (secondary N) is 2. The number of imide groups is 1. The van der Waals surface area contributed by atoms with E-state index in [9.17, 15) is 19.2 Å². The highest BCUT2D eigenvalue weighted by Gasteiger charge is 2.30. The van der Waals surface area contributed by atoms with Crippen LogP contribution in [0.2, 0.25) is 0 Å². The number of amides is 4. The van der Waals surface area contributed by atoms with Gasteiger partial charge in [0.25, 0.3) is 11.8 Å². The minimum Gasteiger partial charge on any atom is -0.455 e. The van der Waals surface area contributed by atoms with Crippen LogP contribution in [0.3, 0.4) is 0 Å². The van der Waals surface area contributed by atoms with Crippen LogP contribution in [-0.2, 0) is 14.3 Å². The van der Waals surface area contributed by atoms with Gasteiger partial charge in [-0.15, -0.1) is 11.3 Å². The quantitative estimate of drug-likeness (QED) is 0.730. The summed E-state index contributed by atoms with van der Waals surface area (Å²) in [5.41, 5.74) is 0.675. The van der Waals surface area contributed by atoms with Crippen LogP contribution in [0, 0.1) is 5.92 Å². The molecule has 0 radical (unpaired) electrons. The Balaban J connectivity index is 1.44. The monoisotopic (exact) mass is 415 g/mol. The van der Waals surface area contributed by atoms with Crippen molar-refractivity contribution >= 4 is 40.8 Å². The third-order valence-corrected chi connectivity index (χ3v) is 5.28. The van der Waals surface area contributed by atoms with Crippen molar-refractivity contribution in [3.63, 3.8) is 0 Å². The van der Waals surface area contributed by atoms with Gasteiger partial charge < -0.3 is 15.0 Å². The first-order chi connectivity index (χ1) is 14.0. The van der Waals surface area contributed by atoms with Gasteiger partial charge in [0.05, 0.1) is 10.8 Å². The number of rotatable bonds is 5. The number of hydrogen-bond acceptors (Lipinski definition) is 6. The van der Waals surface area contributed by atoms with Gasteiger partial charge in [-0.25, -0.2) is 4.79 Å². The lowest BCUT2D eigenvalue weighted by molar-refractivity contribution is -0.153. The number of carbonyl (C=O) groups excluding carboxylic acids is 4. The third-order valence-electron chi connectivity index (χ3n) is 4.41. The Morgan fingerprint density at radius 2 is 1.90 bits per heavy atom. The fourth-order valence-corrected chi connectivity index (χ4v) is 3.58. The van der Waals surface area contributed by atoms with Gasteiger partial charge in [0.2, 0.25) is 0 Å². The first kappa shape index (κ1) is 20.5. The van der Waals surface area contributed by atoms with E-state index in [0.717, 1.165) is 0 Å². The Morgan fingerprint density at radius 3 is 2.62 bits per heavy atom. The maximum atomic E-state index is 12.4. The molecule has 1 aromatic heterocycles. The van der Waals surface area contributed by atoms with E-state index in [0.29, 0.717) is 30.0 Å². The molecule has 1 aliphatic rings. The van der Waals surface area contributed by atoms with Crippen molar-refractivity contribution in [3.8, 4) is 0 Å². The van der Waals surface area contributed by atoms with Crippen molar-refractivity contribution in [1.82, 2.24) is 10.2 Å². The lowest BCUT2D eigenvalue weighted by Crippen LogP contribution is -2.45. The van der Waals surface area contributed by atoms with E-state index in [1.165, 1.54) is 11.3 Å². The van der Waals surface area contributed by atoms with E-state index in [-0.39, 0.29) is 12.6 Å². The van der Waals surface area contributed by atoms with Gasteiger partial charge in [0, 0.05) is 18.8 Å². The number of carbonyl (C=O) groups is 4. The van der Waals surface area contributed by atoms with Crippen LogP contribution < -0.4 is 10.6 Å². The van der Waals surface area contributed by atoms with E-state index in [1.807, 2.05) is 18.2 Å². The smallest absolute Gasteiger partial charge is 0.321 e. The van der Waals surface area contributed by atoms with Gasteiger partial charge in [-0.1, -0.05) is 24.3 Å². The molecule has 8 nitrogen and oxygen atoms in total. The van der Waals surface area contributed by atoms with E-state index in [2.05, 4.69) is 10.6 Å². The van der Waals surface area contributed by atoms with Crippen LogP contribution in [0.25, 0.3) is 0 Å². The van der Waals surface area contributed by atoms with E-state index in [1.54, 1.807) is 34.5 Å². The van der Waals surface area contributed by atoms with Crippen molar-refractivity contribution in [2.75, 3.05) is 25.0 Å². The number of hydrogen-bond donors (Lipinski definition) is 2. The molecule has 0 saturated carbocycles. The molecule has 3 rings (SSSR count). The van der Waals surface area contributed by atoms with Crippen LogP contribution in [0.15, 0.2) is 47.8 Å². The number of nitrogens with zero attached hydrogens (tertiary/aromatic N) is 1. The zero-order valence-corrected chi connectivity index (χ0v) is 16.4. The van der Waals surface area contributed by atoms with Gasteiger partial charge in [-0.2, -0.15) is 0 Å². The molecule has 0 aliphatic carbocycles. The zero-order valence-electron chi connectivity index (χ0n) is 15.6. The summed E-state index contributed by atoms with van der Waals surface area (Å²) in [5, 5.41) is 6.69. The molecule has 2 N–H and O–H groups in total. The maximum Gasteiger partial charge on any atom is 0.321 e. The highest BCUT2D eigenvalue weighted by Crippen LogP contribution is 2.19. The van der Waals surface area contributed by atoms with Gasteiger partial charge >= 0.3 is 12.0 Å². The highest BCUT2D eigenvalue weighted by atomic mass is 32.1. The van der Waals surface area contributed by atoms with E-state index in [4.69, 9.17) is 4.74 Å². The number of likely N-dealkylation sites (tertiary alicyclic amines) is 1. The molecule has 152 valence electrons. The standard InChI is InChI=1S/C20H21N3O5S/c24-17(22-18(25)16-9-5-11-29-16)13-28-19(26)14-6-4-10-23(12-14)20(27)21-15-7-2-1-3-8-15/h1-3,5,7-9,11,14H,4,6,10,12-13H2,(H,21,27)(H,22,24,25). The normalized spacial score (nSPS) is 16.0. The van der Waals surface area contributed by atoms with Gasteiger partial charge in [-0.3, -0.25) is 19.7 Å². The molecular weight excluding hydrogens is 394 g/mol. The Labute approximate surface area is 171 Å². The van der Waals surface area contributed by atoms with Crippen LogP contribution in [-0.4, -0.2) is 48.4 Å². The molecule has 1 atom stereocenters. The van der Waals surface area contributed by atoms with Crippen molar-refractivity contribution in [2.45, 2.75) is 12.8 Å². The van der Waals surface area contributed by atoms with Crippen molar-refractivity contribution in [3.05, 3.63) is 52.7 Å². The Kier molecular flexibility index (Phi) is 6.96. The summed E-state index contributed by atoms with van der Waals surface area (Å²) in [4.78, 5) is 50.3. The molecule has 2 heterocycles. The predicted molar refractivity (Wildman–Crippen MR) is 108 cm³/mol. The molecule has 0 bridgehead atoms. The molecule has 2 aromatic rings. The second kappa shape index (κ2) is 9.83. The first-order valence-electron chi connectivity index (χ1n) is 9.18. The van der Waals surface area contributed by atoms with Crippen molar-refractivity contribution in [2.24, 2.45) is 5.92 Å². The molecule has 1 fully saturated rings. The summed E-state index contributed by atoms with van der Waals surface area (Å²) in [6.07, 6.45) is 1.23. The molecule has 1 unspecified atom stereocenters. The minimum absolute atomic E-state index is 0.216. The molecule has 1 aromatic carbocycles. The highest BCUT2D eigenvalue weighted by molar-refractivity contribution is 7.12. The Morgan fingerprint density at radius 1 is 1.10 bits per heavy atom. The number of urea groups is 1. The summed E-state index contributed by atoms with van der Waals surface area (Å²) in [6.45, 7) is 0.216. The van der Waals surface area contributed by atoms with Crippen molar-refractivity contribution < 1.29 is 23.9 Å². The number of thiophene rings is 1. The topological polar surface area (TPSA) is 105 Å². The first-order valence-corrected chi connectivity index (χ1v) is 10.1. The molecule has 1 aliphatic heterocycles. The molecule has 0 spiro atoms. The second-order valence-electron chi connectivity index (χ2n) is 6.54. The second-order valence-corrected chi connectivity index (χ2v) is 7.49. The van der Waals surface area contributed by atoms with Crippen LogP contribution in [0.1, 0.15) is 22.5 Å². The predicted octanol–water partition coefficient (Wildman–Crippen LogP) is 2.49. The molecular formula is C20H21N3O5S. The maximum absolute atomic E-state index is 12.4. The van der Waals surface area contributed by atoms with Gasteiger partial charge in [0.1, 0.15) is 0 Å². The summed E-state index contributed by atoms with van der Waals surface area (Å²) in [6, 6.07) is 12.1.